The first-order valence-corrected chi connectivity index (χ1v) is 8.67. The Labute approximate surface area is 151 Å². The van der Waals surface area contributed by atoms with E-state index in [0.717, 1.165) is 30.8 Å². The average Bonchev–Trinajstić information content (AvgIpc) is 2.64. The van der Waals surface area contributed by atoms with E-state index in [1.54, 1.807) is 18.3 Å². The van der Waals surface area contributed by atoms with Crippen molar-refractivity contribution >= 4 is 17.3 Å². The molecule has 2 aromatic rings. The van der Waals surface area contributed by atoms with Gasteiger partial charge in [-0.3, -0.25) is 9.88 Å². The van der Waals surface area contributed by atoms with Gasteiger partial charge in [0.25, 0.3) is 0 Å². The number of hydrogen-bond acceptors (Lipinski definition) is 6. The normalized spacial score (nSPS) is 15.1. The molecule has 1 aliphatic rings. The summed E-state index contributed by atoms with van der Waals surface area (Å²) in [4.78, 5) is 16.9. The highest BCUT2D eigenvalue weighted by atomic mass is 35.5. The second-order valence-electron chi connectivity index (χ2n) is 6.18. The molecule has 132 valence electrons. The van der Waals surface area contributed by atoms with Crippen LogP contribution in [0.3, 0.4) is 0 Å². The minimum absolute atomic E-state index is 0.0134. The molecule has 1 aromatic heterocycles. The molecule has 1 aromatic carbocycles. The van der Waals surface area contributed by atoms with E-state index in [9.17, 15) is 10.0 Å². The summed E-state index contributed by atoms with van der Waals surface area (Å²) in [6.45, 7) is 3.05. The van der Waals surface area contributed by atoms with Crippen molar-refractivity contribution in [1.82, 2.24) is 9.88 Å². The van der Waals surface area contributed by atoms with Crippen LogP contribution in [0, 0.1) is 4.91 Å². The van der Waals surface area contributed by atoms with Crippen LogP contribution in [0.15, 0.2) is 35.8 Å². The quantitative estimate of drug-likeness (QED) is 0.771. The van der Waals surface area contributed by atoms with E-state index in [0.29, 0.717) is 10.8 Å². The first kappa shape index (κ1) is 17.6. The smallest absolute Gasteiger partial charge is 0.137 e. The standard InChI is InChI=1S/C18H20ClN3O3/c19-16-7-14(11-22-4-2-1-3-5-22)18(8-17(16)23)25-12-13-6-15(21-24)10-20-9-13/h6-10,23H,1-5,11-12H2. The van der Waals surface area contributed by atoms with E-state index >= 15 is 0 Å². The molecule has 2 heterocycles. The molecule has 0 unspecified atom stereocenters. The SMILES string of the molecule is O=Nc1cncc(COc2cc(O)c(Cl)cc2CN2CCCCC2)c1. The molecule has 6 nitrogen and oxygen atoms in total. The molecule has 0 amide bonds. The van der Waals surface area contributed by atoms with Gasteiger partial charge < -0.3 is 9.84 Å². The number of rotatable bonds is 6. The van der Waals surface area contributed by atoms with E-state index < -0.39 is 0 Å². The summed E-state index contributed by atoms with van der Waals surface area (Å²) in [6, 6.07) is 4.92. The van der Waals surface area contributed by atoms with Crippen LogP contribution in [0.1, 0.15) is 30.4 Å². The summed E-state index contributed by atoms with van der Waals surface area (Å²) >= 11 is 6.08. The molecule has 1 aliphatic heterocycles. The van der Waals surface area contributed by atoms with Crippen LogP contribution in [0.5, 0.6) is 11.5 Å². The fourth-order valence-electron chi connectivity index (χ4n) is 2.96. The van der Waals surface area contributed by atoms with Gasteiger partial charge in [-0.25, -0.2) is 0 Å². The maximum absolute atomic E-state index is 10.6. The number of benzene rings is 1. The minimum Gasteiger partial charge on any atom is -0.506 e. The summed E-state index contributed by atoms with van der Waals surface area (Å²) < 4.78 is 5.87. The summed E-state index contributed by atoms with van der Waals surface area (Å²) in [7, 11) is 0. The number of likely N-dealkylation sites (tertiary alicyclic amines) is 1. The number of nitrogens with zero attached hydrogens (tertiary/aromatic N) is 3. The number of aromatic hydroxyl groups is 1. The van der Waals surface area contributed by atoms with E-state index in [1.807, 2.05) is 0 Å². The van der Waals surface area contributed by atoms with Gasteiger partial charge >= 0.3 is 0 Å². The summed E-state index contributed by atoms with van der Waals surface area (Å²) in [6.07, 6.45) is 6.67. The summed E-state index contributed by atoms with van der Waals surface area (Å²) in [5.41, 5.74) is 1.92. The number of ether oxygens (including phenoxy) is 1. The number of phenols is 1. The van der Waals surface area contributed by atoms with E-state index in [2.05, 4.69) is 15.1 Å². The van der Waals surface area contributed by atoms with Crippen molar-refractivity contribution in [1.29, 1.82) is 0 Å². The maximum atomic E-state index is 10.6. The second kappa shape index (κ2) is 8.27. The number of piperidine rings is 1. The Morgan fingerprint density at radius 3 is 2.76 bits per heavy atom. The van der Waals surface area contributed by atoms with Crippen molar-refractivity contribution in [2.75, 3.05) is 13.1 Å². The number of halogens is 1. The average molecular weight is 362 g/mol. The lowest BCUT2D eigenvalue weighted by molar-refractivity contribution is 0.215. The predicted octanol–water partition coefficient (Wildman–Crippen LogP) is 4.40. The highest BCUT2D eigenvalue weighted by molar-refractivity contribution is 6.32. The molecule has 0 saturated carbocycles. The summed E-state index contributed by atoms with van der Waals surface area (Å²) in [5, 5.41) is 13.1. The Morgan fingerprint density at radius 1 is 1.20 bits per heavy atom. The number of phenolic OH excluding ortho intramolecular Hbond substituents is 1. The van der Waals surface area contributed by atoms with Gasteiger partial charge in [0, 0.05) is 29.9 Å². The van der Waals surface area contributed by atoms with Crippen molar-refractivity contribution in [3.8, 4) is 11.5 Å². The Kier molecular flexibility index (Phi) is 5.83. The first-order chi connectivity index (χ1) is 12.2. The second-order valence-corrected chi connectivity index (χ2v) is 6.59. The van der Waals surface area contributed by atoms with Gasteiger partial charge in [-0.15, -0.1) is 4.91 Å². The fourth-order valence-corrected chi connectivity index (χ4v) is 3.15. The van der Waals surface area contributed by atoms with Crippen LogP contribution in [0.2, 0.25) is 5.02 Å². The number of nitroso groups, excluding NO2 is 1. The zero-order chi connectivity index (χ0) is 17.6. The molecule has 7 heteroatoms. The molecule has 1 N–H and O–H groups in total. The molecule has 1 saturated heterocycles. The fraction of sp³-hybridized carbons (Fsp3) is 0.389. The molecule has 0 radical (unpaired) electrons. The Balaban J connectivity index is 1.76. The van der Waals surface area contributed by atoms with E-state index in [4.69, 9.17) is 16.3 Å². The van der Waals surface area contributed by atoms with Crippen molar-refractivity contribution in [2.45, 2.75) is 32.4 Å². The lowest BCUT2D eigenvalue weighted by Crippen LogP contribution is -2.29. The van der Waals surface area contributed by atoms with Crippen molar-refractivity contribution in [3.63, 3.8) is 0 Å². The third-order valence-electron chi connectivity index (χ3n) is 4.25. The van der Waals surface area contributed by atoms with Crippen LogP contribution < -0.4 is 4.74 Å². The van der Waals surface area contributed by atoms with Crippen LogP contribution in [-0.4, -0.2) is 28.1 Å². The molecule has 0 spiro atoms. The molecular formula is C18H20ClN3O3. The third kappa shape index (κ3) is 4.67. The van der Waals surface area contributed by atoms with E-state index in [-0.39, 0.29) is 18.0 Å². The van der Waals surface area contributed by atoms with Gasteiger partial charge in [0.1, 0.15) is 23.8 Å². The third-order valence-corrected chi connectivity index (χ3v) is 4.56. The molecule has 0 atom stereocenters. The van der Waals surface area contributed by atoms with Gasteiger partial charge in [-0.1, -0.05) is 18.0 Å². The molecular weight excluding hydrogens is 342 g/mol. The molecule has 3 rings (SSSR count). The number of pyridine rings is 1. The Morgan fingerprint density at radius 2 is 2.00 bits per heavy atom. The molecule has 0 bridgehead atoms. The number of hydrogen-bond donors (Lipinski definition) is 1. The van der Waals surface area contributed by atoms with Crippen LogP contribution in [0.4, 0.5) is 5.69 Å². The molecule has 1 fully saturated rings. The topological polar surface area (TPSA) is 75.0 Å². The van der Waals surface area contributed by atoms with Crippen molar-refractivity contribution in [3.05, 3.63) is 51.6 Å². The largest absolute Gasteiger partial charge is 0.506 e. The van der Waals surface area contributed by atoms with Gasteiger partial charge in [-0.05, 0) is 43.2 Å². The van der Waals surface area contributed by atoms with Gasteiger partial charge in [-0.2, -0.15) is 0 Å². The van der Waals surface area contributed by atoms with Gasteiger partial charge in [0.15, 0.2) is 0 Å². The van der Waals surface area contributed by atoms with Crippen LogP contribution >= 0.6 is 11.6 Å². The van der Waals surface area contributed by atoms with Gasteiger partial charge in [0.05, 0.1) is 11.2 Å². The lowest BCUT2D eigenvalue weighted by Gasteiger charge is -2.27. The molecule has 25 heavy (non-hydrogen) atoms. The zero-order valence-electron chi connectivity index (χ0n) is 13.8. The number of aromatic nitrogens is 1. The molecule has 0 aliphatic carbocycles. The van der Waals surface area contributed by atoms with Crippen LogP contribution in [0.25, 0.3) is 0 Å². The maximum Gasteiger partial charge on any atom is 0.137 e. The monoisotopic (exact) mass is 361 g/mol. The van der Waals surface area contributed by atoms with E-state index in [1.165, 1.54) is 31.5 Å². The highest BCUT2D eigenvalue weighted by Crippen LogP contribution is 2.33. The Hall–Kier alpha value is -2.18. The predicted molar refractivity (Wildman–Crippen MR) is 96.3 cm³/mol. The van der Waals surface area contributed by atoms with Crippen LogP contribution in [-0.2, 0) is 13.2 Å². The zero-order valence-corrected chi connectivity index (χ0v) is 14.6. The Bertz CT molecular complexity index is 748. The van der Waals surface area contributed by atoms with Gasteiger partial charge in [0.2, 0.25) is 0 Å². The highest BCUT2D eigenvalue weighted by Gasteiger charge is 2.16. The van der Waals surface area contributed by atoms with Crippen molar-refractivity contribution in [2.24, 2.45) is 5.18 Å². The lowest BCUT2D eigenvalue weighted by atomic mass is 10.1. The summed E-state index contributed by atoms with van der Waals surface area (Å²) in [5.74, 6) is 0.567. The first-order valence-electron chi connectivity index (χ1n) is 8.29. The van der Waals surface area contributed by atoms with Crippen molar-refractivity contribution < 1.29 is 9.84 Å². The minimum atomic E-state index is -0.0134.